The molecule has 0 atom stereocenters. The fourth-order valence-corrected chi connectivity index (χ4v) is 4.02. The van der Waals surface area contributed by atoms with E-state index in [9.17, 15) is 13.2 Å². The van der Waals surface area contributed by atoms with Gasteiger partial charge in [-0.3, -0.25) is 10.1 Å². The van der Waals surface area contributed by atoms with Crippen molar-refractivity contribution in [2.24, 2.45) is 0 Å². The van der Waals surface area contributed by atoms with Crippen molar-refractivity contribution in [2.45, 2.75) is 16.2 Å². The number of sulfone groups is 1. The number of carbonyl (C=O) groups is 1. The van der Waals surface area contributed by atoms with Gasteiger partial charge >= 0.3 is 6.01 Å². The molecule has 0 bridgehead atoms. The van der Waals surface area contributed by atoms with Crippen molar-refractivity contribution >= 4 is 33.5 Å². The van der Waals surface area contributed by atoms with Gasteiger partial charge in [0.15, 0.2) is 9.84 Å². The van der Waals surface area contributed by atoms with Crippen molar-refractivity contribution in [1.82, 2.24) is 10.2 Å². The van der Waals surface area contributed by atoms with Crippen molar-refractivity contribution in [3.63, 3.8) is 0 Å². The Kier molecular flexibility index (Phi) is 5.92. The van der Waals surface area contributed by atoms with Crippen molar-refractivity contribution in [2.75, 3.05) is 17.3 Å². The number of thioether (sulfide) groups is 1. The third-order valence-corrected chi connectivity index (χ3v) is 6.15. The molecule has 27 heavy (non-hydrogen) atoms. The van der Waals surface area contributed by atoms with Crippen LogP contribution in [0.1, 0.15) is 6.42 Å². The normalized spacial score (nSPS) is 11.3. The second-order valence-electron chi connectivity index (χ2n) is 5.57. The van der Waals surface area contributed by atoms with Crippen LogP contribution in [-0.4, -0.2) is 36.5 Å². The van der Waals surface area contributed by atoms with Crippen LogP contribution < -0.4 is 5.32 Å². The molecule has 3 aromatic rings. The third-order valence-electron chi connectivity index (χ3n) is 3.69. The summed E-state index contributed by atoms with van der Waals surface area (Å²) in [6.07, 6.45) is 1.75. The molecule has 0 aliphatic carbocycles. The Hall–Kier alpha value is -2.65. The van der Waals surface area contributed by atoms with Gasteiger partial charge in [0.05, 0.1) is 10.6 Å². The molecule has 2 aromatic carbocycles. The Balaban J connectivity index is 1.61. The predicted octanol–water partition coefficient (Wildman–Crippen LogP) is 3.26. The smallest absolute Gasteiger partial charge is 0.322 e. The standard InChI is InChI=1S/C18H17N3O4S2/c1-26-14-7-5-6-13(12-14)17-20-21-18(25-17)19-16(22)10-11-27(23,24)15-8-3-2-4-9-15/h2-9,12H,10-11H2,1H3,(H,19,21,22). The van der Waals surface area contributed by atoms with Crippen LogP contribution >= 0.6 is 11.8 Å². The second-order valence-corrected chi connectivity index (χ2v) is 8.56. The van der Waals surface area contributed by atoms with E-state index in [0.717, 1.165) is 10.5 Å². The molecule has 3 rings (SSSR count). The topological polar surface area (TPSA) is 102 Å². The molecule has 0 radical (unpaired) electrons. The van der Waals surface area contributed by atoms with E-state index in [1.54, 1.807) is 30.0 Å². The summed E-state index contributed by atoms with van der Waals surface area (Å²) in [7, 11) is -3.52. The van der Waals surface area contributed by atoms with Crippen molar-refractivity contribution < 1.29 is 17.6 Å². The number of anilines is 1. The Morgan fingerprint density at radius 1 is 1.11 bits per heavy atom. The lowest BCUT2D eigenvalue weighted by molar-refractivity contribution is -0.115. The Morgan fingerprint density at radius 3 is 2.63 bits per heavy atom. The molecule has 1 N–H and O–H groups in total. The van der Waals surface area contributed by atoms with E-state index in [0.29, 0.717) is 0 Å². The van der Waals surface area contributed by atoms with E-state index in [4.69, 9.17) is 4.42 Å². The lowest BCUT2D eigenvalue weighted by Crippen LogP contribution is -2.17. The van der Waals surface area contributed by atoms with E-state index < -0.39 is 15.7 Å². The van der Waals surface area contributed by atoms with Crippen LogP contribution in [-0.2, 0) is 14.6 Å². The van der Waals surface area contributed by atoms with Gasteiger partial charge in [0.2, 0.25) is 11.8 Å². The van der Waals surface area contributed by atoms with Gasteiger partial charge in [0, 0.05) is 16.9 Å². The van der Waals surface area contributed by atoms with E-state index in [2.05, 4.69) is 15.5 Å². The average Bonchev–Trinajstić information content (AvgIpc) is 3.16. The van der Waals surface area contributed by atoms with Gasteiger partial charge in [-0.1, -0.05) is 29.4 Å². The summed E-state index contributed by atoms with van der Waals surface area (Å²) in [5.41, 5.74) is 0.738. The number of hydrogen-bond donors (Lipinski definition) is 1. The largest absolute Gasteiger partial charge is 0.403 e. The number of benzene rings is 2. The lowest BCUT2D eigenvalue weighted by atomic mass is 10.2. The van der Waals surface area contributed by atoms with Crippen molar-refractivity contribution in [1.29, 1.82) is 0 Å². The quantitative estimate of drug-likeness (QED) is 0.604. The van der Waals surface area contributed by atoms with E-state index in [1.165, 1.54) is 12.1 Å². The maximum Gasteiger partial charge on any atom is 0.322 e. The number of aromatic nitrogens is 2. The minimum atomic E-state index is -3.52. The number of amides is 1. The summed E-state index contributed by atoms with van der Waals surface area (Å²) >= 11 is 1.59. The monoisotopic (exact) mass is 403 g/mol. The number of hydrogen-bond acceptors (Lipinski definition) is 7. The molecule has 1 heterocycles. The van der Waals surface area contributed by atoms with Gasteiger partial charge in [-0.2, -0.15) is 0 Å². The highest BCUT2D eigenvalue weighted by Gasteiger charge is 2.17. The molecule has 1 amide bonds. The zero-order valence-electron chi connectivity index (χ0n) is 14.5. The first kappa shape index (κ1) is 19.1. The Bertz CT molecular complexity index is 1030. The molecular formula is C18H17N3O4S2. The lowest BCUT2D eigenvalue weighted by Gasteiger charge is -2.04. The van der Waals surface area contributed by atoms with Crippen LogP contribution in [0.15, 0.2) is 68.8 Å². The first-order valence-electron chi connectivity index (χ1n) is 8.03. The molecule has 140 valence electrons. The van der Waals surface area contributed by atoms with Crippen molar-refractivity contribution in [3.05, 3.63) is 54.6 Å². The Morgan fingerprint density at radius 2 is 1.89 bits per heavy atom. The van der Waals surface area contributed by atoms with E-state index in [1.807, 2.05) is 30.5 Å². The highest BCUT2D eigenvalue weighted by Crippen LogP contribution is 2.24. The van der Waals surface area contributed by atoms with Gasteiger partial charge in [0.1, 0.15) is 0 Å². The summed E-state index contributed by atoms with van der Waals surface area (Å²) in [4.78, 5) is 13.3. The van der Waals surface area contributed by atoms with Crippen LogP contribution in [0.2, 0.25) is 0 Å². The molecule has 0 spiro atoms. The highest BCUT2D eigenvalue weighted by molar-refractivity contribution is 7.98. The van der Waals surface area contributed by atoms with Gasteiger partial charge in [0.25, 0.3) is 0 Å². The van der Waals surface area contributed by atoms with Crippen LogP contribution in [0.5, 0.6) is 0 Å². The summed E-state index contributed by atoms with van der Waals surface area (Å²) < 4.78 is 29.9. The van der Waals surface area contributed by atoms with Gasteiger partial charge in [-0.05, 0) is 36.6 Å². The molecule has 0 fully saturated rings. The minimum absolute atomic E-state index is 0.0679. The first-order valence-corrected chi connectivity index (χ1v) is 10.9. The first-order chi connectivity index (χ1) is 13.0. The molecular weight excluding hydrogens is 386 g/mol. The molecule has 9 heteroatoms. The van der Waals surface area contributed by atoms with Crippen LogP contribution in [0.4, 0.5) is 6.01 Å². The van der Waals surface area contributed by atoms with Crippen LogP contribution in [0.25, 0.3) is 11.5 Å². The average molecular weight is 403 g/mol. The fourth-order valence-electron chi connectivity index (χ4n) is 2.30. The van der Waals surface area contributed by atoms with Gasteiger partial charge in [-0.15, -0.1) is 16.9 Å². The summed E-state index contributed by atoms with van der Waals surface area (Å²) in [5, 5.41) is 10.1. The van der Waals surface area contributed by atoms with Gasteiger partial charge in [-0.25, -0.2) is 8.42 Å². The van der Waals surface area contributed by atoms with Gasteiger partial charge < -0.3 is 4.42 Å². The molecule has 0 aliphatic heterocycles. The molecule has 0 aliphatic rings. The SMILES string of the molecule is CSc1cccc(-c2nnc(NC(=O)CCS(=O)(=O)c3ccccc3)o2)c1. The summed E-state index contributed by atoms with van der Waals surface area (Å²) in [6, 6.07) is 15.5. The molecule has 1 aromatic heterocycles. The number of carbonyl (C=O) groups excluding carboxylic acids is 1. The zero-order valence-corrected chi connectivity index (χ0v) is 16.1. The fraction of sp³-hybridized carbons (Fsp3) is 0.167. The Labute approximate surface area is 161 Å². The number of nitrogens with zero attached hydrogens (tertiary/aromatic N) is 2. The number of rotatable bonds is 7. The summed E-state index contributed by atoms with van der Waals surface area (Å²) in [6.45, 7) is 0. The van der Waals surface area contributed by atoms with E-state index in [-0.39, 0.29) is 29.0 Å². The number of nitrogens with one attached hydrogen (secondary N) is 1. The molecule has 7 nitrogen and oxygen atoms in total. The third kappa shape index (κ3) is 4.95. The second kappa shape index (κ2) is 8.36. The zero-order chi connectivity index (χ0) is 19.3. The maximum absolute atomic E-state index is 12.2. The summed E-state index contributed by atoms with van der Waals surface area (Å²) in [5.74, 6) is -0.541. The predicted molar refractivity (Wildman–Crippen MR) is 103 cm³/mol. The maximum atomic E-state index is 12.2. The highest BCUT2D eigenvalue weighted by atomic mass is 32.2. The molecule has 0 saturated heterocycles. The molecule has 0 unspecified atom stereocenters. The van der Waals surface area contributed by atoms with Crippen LogP contribution in [0, 0.1) is 0 Å². The van der Waals surface area contributed by atoms with Crippen LogP contribution in [0.3, 0.4) is 0 Å². The van der Waals surface area contributed by atoms with E-state index >= 15 is 0 Å². The minimum Gasteiger partial charge on any atom is -0.403 e. The van der Waals surface area contributed by atoms with Crippen molar-refractivity contribution in [3.8, 4) is 11.5 Å². The molecule has 0 saturated carbocycles.